The van der Waals surface area contributed by atoms with Gasteiger partial charge in [-0.25, -0.2) is 9.37 Å². The maximum absolute atomic E-state index is 14.0. The first-order valence-electron chi connectivity index (χ1n) is 9.34. The Kier molecular flexibility index (Phi) is 5.44. The van der Waals surface area contributed by atoms with Crippen molar-refractivity contribution >= 4 is 28.4 Å². The monoisotopic (exact) mass is 424 g/mol. The van der Waals surface area contributed by atoms with Crippen LogP contribution in [0.2, 0.25) is 0 Å². The van der Waals surface area contributed by atoms with Crippen molar-refractivity contribution in [1.82, 2.24) is 20.2 Å². The Hall–Kier alpha value is -4.08. The molecule has 160 valence electrons. The molecule has 10 heteroatoms. The highest BCUT2D eigenvalue weighted by atomic mass is 19.1. The zero-order valence-electron chi connectivity index (χ0n) is 17.4. The van der Waals surface area contributed by atoms with Crippen LogP contribution in [0.1, 0.15) is 0 Å². The van der Waals surface area contributed by atoms with E-state index >= 15 is 0 Å². The van der Waals surface area contributed by atoms with E-state index < -0.39 is 5.82 Å². The number of aromatic amines is 1. The summed E-state index contributed by atoms with van der Waals surface area (Å²) < 4.78 is 30.1. The van der Waals surface area contributed by atoms with Crippen LogP contribution < -0.4 is 24.8 Å². The minimum atomic E-state index is -0.396. The Balaban J connectivity index is 1.71. The van der Waals surface area contributed by atoms with Gasteiger partial charge in [-0.1, -0.05) is 12.1 Å². The van der Waals surface area contributed by atoms with Crippen LogP contribution in [0.5, 0.6) is 17.2 Å². The lowest BCUT2D eigenvalue weighted by Gasteiger charge is -2.15. The molecule has 0 fully saturated rings. The minimum Gasteiger partial charge on any atom is -0.493 e. The van der Waals surface area contributed by atoms with E-state index in [9.17, 15) is 4.39 Å². The number of halogens is 1. The molecule has 0 spiro atoms. The van der Waals surface area contributed by atoms with Crippen molar-refractivity contribution in [2.24, 2.45) is 0 Å². The fourth-order valence-electron chi connectivity index (χ4n) is 3.31. The smallest absolute Gasteiger partial charge is 0.229 e. The third-order valence-corrected chi connectivity index (χ3v) is 4.75. The van der Waals surface area contributed by atoms with E-state index in [-0.39, 0.29) is 5.52 Å². The van der Waals surface area contributed by atoms with Gasteiger partial charge in [-0.05, 0) is 6.07 Å². The van der Waals surface area contributed by atoms with Gasteiger partial charge < -0.3 is 24.8 Å². The number of fused-ring (bicyclic) bond motifs is 1. The Morgan fingerprint density at radius 3 is 2.42 bits per heavy atom. The van der Waals surface area contributed by atoms with Crippen LogP contribution in [0.4, 0.5) is 21.8 Å². The Labute approximate surface area is 177 Å². The normalized spacial score (nSPS) is 10.7. The maximum Gasteiger partial charge on any atom is 0.229 e. The molecule has 0 saturated carbocycles. The quantitative estimate of drug-likeness (QED) is 0.409. The van der Waals surface area contributed by atoms with Gasteiger partial charge >= 0.3 is 0 Å². The average molecular weight is 424 g/mol. The summed E-state index contributed by atoms with van der Waals surface area (Å²) in [6.45, 7) is 0. The molecular formula is C21H21FN6O3. The van der Waals surface area contributed by atoms with Gasteiger partial charge in [0.05, 0.1) is 32.6 Å². The van der Waals surface area contributed by atoms with Crippen molar-refractivity contribution < 1.29 is 18.6 Å². The Bertz CT molecular complexity index is 1220. The molecule has 0 aliphatic carbocycles. The summed E-state index contributed by atoms with van der Waals surface area (Å²) in [4.78, 5) is 8.94. The van der Waals surface area contributed by atoms with E-state index in [2.05, 4.69) is 30.8 Å². The fraction of sp³-hybridized carbons (Fsp3) is 0.190. The van der Waals surface area contributed by atoms with Crippen molar-refractivity contribution in [1.29, 1.82) is 0 Å². The second kappa shape index (κ2) is 8.34. The molecule has 9 nitrogen and oxygen atoms in total. The van der Waals surface area contributed by atoms with Gasteiger partial charge in [-0.2, -0.15) is 10.1 Å². The molecule has 2 aromatic carbocycles. The van der Waals surface area contributed by atoms with Crippen LogP contribution in [-0.2, 0) is 0 Å². The summed E-state index contributed by atoms with van der Waals surface area (Å²) in [7, 11) is 6.37. The number of methoxy groups -OCH3 is 3. The molecule has 4 aromatic rings. The highest BCUT2D eigenvalue weighted by molar-refractivity contribution is 5.95. The number of H-pyrrole nitrogens is 1. The van der Waals surface area contributed by atoms with Gasteiger partial charge in [-0.3, -0.25) is 5.10 Å². The van der Waals surface area contributed by atoms with Crippen LogP contribution in [-0.4, -0.2) is 48.5 Å². The molecule has 0 saturated heterocycles. The summed E-state index contributed by atoms with van der Waals surface area (Å²) in [6.07, 6.45) is 1.64. The predicted molar refractivity (Wildman–Crippen MR) is 116 cm³/mol. The standard InChI is InChI=1S/C21H21FN6O3/c1-23-20-13(17-12-6-5-7-14(22)18(12)28-27-17)10-24-21(26-20)25-11-8-15(29-2)19(31-4)16(9-11)30-3/h5-10H,1-4H3,(H,27,28)(H2,23,24,25,26). The van der Waals surface area contributed by atoms with E-state index in [0.717, 1.165) is 0 Å². The van der Waals surface area contributed by atoms with Crippen LogP contribution >= 0.6 is 0 Å². The van der Waals surface area contributed by atoms with Gasteiger partial charge in [0.15, 0.2) is 17.3 Å². The molecular weight excluding hydrogens is 403 g/mol. The van der Waals surface area contributed by atoms with Crippen LogP contribution in [0.3, 0.4) is 0 Å². The zero-order valence-corrected chi connectivity index (χ0v) is 17.4. The number of anilines is 3. The lowest BCUT2D eigenvalue weighted by atomic mass is 10.1. The lowest BCUT2D eigenvalue weighted by molar-refractivity contribution is 0.324. The van der Waals surface area contributed by atoms with Crippen molar-refractivity contribution in [2.45, 2.75) is 0 Å². The lowest BCUT2D eigenvalue weighted by Crippen LogP contribution is -2.04. The largest absolute Gasteiger partial charge is 0.493 e. The first-order valence-corrected chi connectivity index (χ1v) is 9.34. The van der Waals surface area contributed by atoms with E-state index in [0.29, 0.717) is 51.3 Å². The van der Waals surface area contributed by atoms with E-state index in [1.807, 2.05) is 0 Å². The molecule has 4 rings (SSSR count). The van der Waals surface area contributed by atoms with E-state index in [1.54, 1.807) is 58.8 Å². The highest BCUT2D eigenvalue weighted by Gasteiger charge is 2.17. The predicted octanol–water partition coefficient (Wildman–Crippen LogP) is 3.97. The van der Waals surface area contributed by atoms with Crippen molar-refractivity contribution in [3.8, 4) is 28.5 Å². The van der Waals surface area contributed by atoms with Crippen LogP contribution in [0.25, 0.3) is 22.2 Å². The number of rotatable bonds is 7. The molecule has 0 aliphatic heterocycles. The van der Waals surface area contributed by atoms with Gasteiger partial charge in [0, 0.05) is 36.5 Å². The molecule has 31 heavy (non-hydrogen) atoms. The van der Waals surface area contributed by atoms with Crippen molar-refractivity contribution in [3.05, 3.63) is 42.3 Å². The number of nitrogens with zero attached hydrogens (tertiary/aromatic N) is 3. The molecule has 0 atom stereocenters. The third kappa shape index (κ3) is 3.63. The summed E-state index contributed by atoms with van der Waals surface area (Å²) >= 11 is 0. The fourth-order valence-corrected chi connectivity index (χ4v) is 3.31. The van der Waals surface area contributed by atoms with Crippen molar-refractivity contribution in [2.75, 3.05) is 39.0 Å². The number of benzene rings is 2. The number of aromatic nitrogens is 4. The number of hydrogen-bond acceptors (Lipinski definition) is 8. The zero-order chi connectivity index (χ0) is 22.0. The van der Waals surface area contributed by atoms with Gasteiger partial charge in [0.2, 0.25) is 11.7 Å². The third-order valence-electron chi connectivity index (χ3n) is 4.75. The molecule has 0 bridgehead atoms. The molecule has 2 heterocycles. The second-order valence-electron chi connectivity index (χ2n) is 6.48. The highest BCUT2D eigenvalue weighted by Crippen LogP contribution is 2.40. The molecule has 0 amide bonds. The van der Waals surface area contributed by atoms with Crippen LogP contribution in [0, 0.1) is 5.82 Å². The summed E-state index contributed by atoms with van der Waals surface area (Å²) in [5.74, 6) is 1.98. The summed E-state index contributed by atoms with van der Waals surface area (Å²) in [5, 5.41) is 13.8. The molecule has 0 unspecified atom stereocenters. The maximum atomic E-state index is 14.0. The SMILES string of the molecule is CNc1nc(Nc2cc(OC)c(OC)c(OC)c2)ncc1-c1[nH]nc2c(F)cccc12. The minimum absolute atomic E-state index is 0.263. The summed E-state index contributed by atoms with van der Waals surface area (Å²) in [5.41, 5.74) is 2.20. The second-order valence-corrected chi connectivity index (χ2v) is 6.48. The Morgan fingerprint density at radius 2 is 1.77 bits per heavy atom. The topological polar surface area (TPSA) is 106 Å². The van der Waals surface area contributed by atoms with Crippen molar-refractivity contribution in [3.63, 3.8) is 0 Å². The number of para-hydroxylation sites is 1. The van der Waals surface area contributed by atoms with Gasteiger partial charge in [0.25, 0.3) is 0 Å². The summed E-state index contributed by atoms with van der Waals surface area (Å²) in [6, 6.07) is 8.30. The van der Waals surface area contributed by atoms with Gasteiger partial charge in [-0.15, -0.1) is 0 Å². The number of nitrogens with one attached hydrogen (secondary N) is 3. The first kappa shape index (κ1) is 20.2. The average Bonchev–Trinajstić information content (AvgIpc) is 3.23. The molecule has 3 N–H and O–H groups in total. The molecule has 0 aliphatic rings. The number of ether oxygens (including phenoxy) is 3. The molecule has 0 radical (unpaired) electrons. The van der Waals surface area contributed by atoms with Crippen LogP contribution in [0.15, 0.2) is 36.5 Å². The molecule has 2 aromatic heterocycles. The Morgan fingerprint density at radius 1 is 1.03 bits per heavy atom. The van der Waals surface area contributed by atoms with E-state index in [1.165, 1.54) is 6.07 Å². The van der Waals surface area contributed by atoms with Gasteiger partial charge in [0.1, 0.15) is 11.3 Å². The first-order chi connectivity index (χ1) is 15.1. The van der Waals surface area contributed by atoms with E-state index in [4.69, 9.17) is 14.2 Å². The number of hydrogen-bond donors (Lipinski definition) is 3.